The van der Waals surface area contributed by atoms with Gasteiger partial charge < -0.3 is 20.2 Å². The van der Waals surface area contributed by atoms with Gasteiger partial charge in [-0.25, -0.2) is 9.18 Å². The normalized spacial score (nSPS) is 14.8. The topological polar surface area (TPSA) is 98.4 Å². The Hall–Kier alpha value is -4.50. The van der Waals surface area contributed by atoms with Gasteiger partial charge in [-0.3, -0.25) is 9.58 Å². The van der Waals surface area contributed by atoms with Crippen LogP contribution in [0, 0.1) is 12.7 Å². The van der Waals surface area contributed by atoms with E-state index in [1.165, 1.54) is 24.3 Å². The van der Waals surface area contributed by atoms with E-state index in [4.69, 9.17) is 26.8 Å². The molecule has 0 saturated carbocycles. The number of aromatic nitrogens is 3. The molecule has 8 nitrogen and oxygen atoms in total. The first-order chi connectivity index (χ1) is 19.4. The summed E-state index contributed by atoms with van der Waals surface area (Å²) < 4.78 is 26.8. The number of rotatable bonds is 6. The van der Waals surface area contributed by atoms with Crippen molar-refractivity contribution in [1.29, 1.82) is 0 Å². The fourth-order valence-corrected chi connectivity index (χ4v) is 5.40. The van der Waals surface area contributed by atoms with Gasteiger partial charge in [0.15, 0.2) is 0 Å². The number of nitrogens with one attached hydrogen (secondary N) is 1. The summed E-state index contributed by atoms with van der Waals surface area (Å²) in [6, 6.07) is 20.2. The number of fused-ring (bicyclic) bond motifs is 3. The highest BCUT2D eigenvalue weighted by atomic mass is 35.5. The molecule has 6 rings (SSSR count). The summed E-state index contributed by atoms with van der Waals surface area (Å²) in [6.07, 6.45) is 0.108. The first-order valence-corrected chi connectivity index (χ1v) is 13.3. The van der Waals surface area contributed by atoms with Crippen LogP contribution in [0.4, 0.5) is 15.0 Å². The number of amides is 1. The molecule has 0 aliphatic carbocycles. The minimum atomic E-state index is -0.520. The lowest BCUT2D eigenvalue weighted by atomic mass is 9.92. The van der Waals surface area contributed by atoms with E-state index in [1.54, 1.807) is 9.58 Å². The third-order valence-corrected chi connectivity index (χ3v) is 7.35. The van der Waals surface area contributed by atoms with Crippen LogP contribution in [0.25, 0.3) is 10.9 Å². The van der Waals surface area contributed by atoms with Crippen molar-refractivity contribution in [3.63, 3.8) is 0 Å². The molecule has 1 atom stereocenters. The molecule has 1 amide bonds. The van der Waals surface area contributed by atoms with Crippen molar-refractivity contribution in [3.8, 4) is 11.5 Å². The quantitative estimate of drug-likeness (QED) is 0.255. The smallest absolute Gasteiger partial charge is 0.416 e. The number of halogens is 2. The molecule has 1 aliphatic heterocycles. The van der Waals surface area contributed by atoms with Crippen molar-refractivity contribution in [2.75, 3.05) is 18.9 Å². The lowest BCUT2D eigenvalue weighted by molar-refractivity contribution is 0.135. The summed E-state index contributed by atoms with van der Waals surface area (Å²) in [4.78, 5) is 18.6. The summed E-state index contributed by atoms with van der Waals surface area (Å²) in [6.45, 7) is 3.37. The fourth-order valence-electron chi connectivity index (χ4n) is 5.22. The number of nitrogens with zero attached hydrogens (tertiary/aromatic N) is 3. The van der Waals surface area contributed by atoms with Crippen LogP contribution in [0.15, 0.2) is 72.8 Å². The molecule has 0 fully saturated rings. The average Bonchev–Trinajstić information content (AvgIpc) is 3.47. The molecule has 1 unspecified atom stereocenters. The maximum atomic E-state index is 13.4. The molecule has 0 radical (unpaired) electrons. The highest BCUT2D eigenvalue weighted by Crippen LogP contribution is 2.40. The number of hydrogen-bond donors (Lipinski definition) is 2. The van der Waals surface area contributed by atoms with Crippen LogP contribution in [0.2, 0.25) is 5.02 Å². The van der Waals surface area contributed by atoms with Gasteiger partial charge >= 0.3 is 6.09 Å². The van der Waals surface area contributed by atoms with Crippen molar-refractivity contribution in [1.82, 2.24) is 19.7 Å². The monoisotopic (exact) mass is 559 g/mol. The molecule has 1 aliphatic rings. The second kappa shape index (κ2) is 10.6. The Labute approximate surface area is 235 Å². The fraction of sp³-hybridized carbons (Fsp3) is 0.200. The van der Waals surface area contributed by atoms with Gasteiger partial charge in [0.1, 0.15) is 35.8 Å². The Morgan fingerprint density at radius 2 is 1.85 bits per heavy atom. The van der Waals surface area contributed by atoms with Gasteiger partial charge in [-0.05, 0) is 79.1 Å². The van der Waals surface area contributed by atoms with Crippen molar-refractivity contribution < 1.29 is 18.7 Å². The molecule has 40 heavy (non-hydrogen) atoms. The van der Waals surface area contributed by atoms with Crippen molar-refractivity contribution in [2.24, 2.45) is 0 Å². The number of nitrogens with two attached hydrogens (primary N) is 1. The van der Waals surface area contributed by atoms with E-state index in [0.29, 0.717) is 42.7 Å². The Morgan fingerprint density at radius 1 is 1.10 bits per heavy atom. The number of nitrogen functional groups attached to an aromatic ring is 1. The molecular weight excluding hydrogens is 533 g/mol. The number of carbonyl (C=O) groups is 1. The molecule has 5 aromatic rings. The molecule has 0 saturated heterocycles. The molecule has 3 N–H and O–H groups in total. The number of aryl methyl sites for hydroxylation is 1. The van der Waals surface area contributed by atoms with E-state index in [-0.39, 0.29) is 5.75 Å². The molecule has 2 aromatic heterocycles. The van der Waals surface area contributed by atoms with E-state index in [0.717, 1.165) is 33.4 Å². The van der Waals surface area contributed by atoms with Gasteiger partial charge in [-0.15, -0.1) is 0 Å². The van der Waals surface area contributed by atoms with E-state index >= 15 is 0 Å². The van der Waals surface area contributed by atoms with Crippen LogP contribution >= 0.6 is 11.6 Å². The second-order valence-corrected chi connectivity index (χ2v) is 10.2. The van der Waals surface area contributed by atoms with Gasteiger partial charge in [0, 0.05) is 39.9 Å². The van der Waals surface area contributed by atoms with Crippen molar-refractivity contribution in [2.45, 2.75) is 25.9 Å². The van der Waals surface area contributed by atoms with Crippen LogP contribution in [0.5, 0.6) is 11.5 Å². The lowest BCUT2D eigenvalue weighted by Gasteiger charge is -2.35. The Morgan fingerprint density at radius 3 is 2.58 bits per heavy atom. The van der Waals surface area contributed by atoms with Crippen LogP contribution in [0.1, 0.15) is 28.6 Å². The summed E-state index contributed by atoms with van der Waals surface area (Å²) in [7, 11) is 0. The maximum absolute atomic E-state index is 13.4. The first kappa shape index (κ1) is 25.8. The van der Waals surface area contributed by atoms with E-state index in [9.17, 15) is 9.18 Å². The van der Waals surface area contributed by atoms with Gasteiger partial charge in [-0.1, -0.05) is 23.7 Å². The molecule has 0 spiro atoms. The van der Waals surface area contributed by atoms with Crippen LogP contribution in [-0.2, 0) is 13.0 Å². The number of hydrogen-bond acceptors (Lipinski definition) is 5. The van der Waals surface area contributed by atoms with Crippen LogP contribution in [-0.4, -0.2) is 38.9 Å². The number of ether oxygens (including phenoxy) is 2. The molecular formula is C30H27ClFN5O3. The highest BCUT2D eigenvalue weighted by molar-refractivity contribution is 6.31. The number of carbonyl (C=O) groups excluding carboxylic acids is 1. The van der Waals surface area contributed by atoms with E-state index < -0.39 is 18.0 Å². The third-order valence-electron chi connectivity index (χ3n) is 7.11. The SMILES string of the molecule is Cc1cc(N)nn1CCOc1ccc(C2c3[nH]c4ccc(Cl)cc4c3CCN2C(=O)Oc2ccc(F)cc2)cc1. The zero-order valence-corrected chi connectivity index (χ0v) is 22.5. The standard InChI is InChI=1S/C30H27ClFN5O3/c1-18-16-27(33)35-37(18)14-15-39-22-7-2-19(3-8-22)29-28-24(25-17-20(31)4-11-26(25)34-28)12-13-36(29)30(38)40-23-9-5-21(32)6-10-23/h2-11,16-17,29,34H,12-15H2,1H3,(H2,33,35). The minimum Gasteiger partial charge on any atom is -0.492 e. The molecule has 3 aromatic carbocycles. The second-order valence-electron chi connectivity index (χ2n) is 9.73. The number of benzene rings is 3. The number of H-pyrrole nitrogens is 1. The molecule has 0 bridgehead atoms. The summed E-state index contributed by atoms with van der Waals surface area (Å²) in [5, 5.41) is 5.94. The van der Waals surface area contributed by atoms with Crippen LogP contribution < -0.4 is 15.2 Å². The van der Waals surface area contributed by atoms with Gasteiger partial charge in [0.25, 0.3) is 0 Å². The number of aromatic amines is 1. The summed E-state index contributed by atoms with van der Waals surface area (Å²) in [5.74, 6) is 1.05. The third kappa shape index (κ3) is 5.08. The minimum absolute atomic E-state index is 0.275. The van der Waals surface area contributed by atoms with Crippen molar-refractivity contribution >= 4 is 34.4 Å². The Bertz CT molecular complexity index is 1680. The van der Waals surface area contributed by atoms with Gasteiger partial charge in [0.05, 0.1) is 6.54 Å². The highest BCUT2D eigenvalue weighted by Gasteiger charge is 2.35. The summed E-state index contributed by atoms with van der Waals surface area (Å²) >= 11 is 6.31. The summed E-state index contributed by atoms with van der Waals surface area (Å²) in [5.41, 5.74) is 10.6. The van der Waals surface area contributed by atoms with E-state index in [2.05, 4.69) is 10.1 Å². The van der Waals surface area contributed by atoms with Crippen molar-refractivity contribution in [3.05, 3.63) is 106 Å². The maximum Gasteiger partial charge on any atom is 0.416 e. The first-order valence-electron chi connectivity index (χ1n) is 12.9. The Balaban J connectivity index is 1.28. The van der Waals surface area contributed by atoms with Crippen LogP contribution in [0.3, 0.4) is 0 Å². The average molecular weight is 560 g/mol. The largest absolute Gasteiger partial charge is 0.492 e. The van der Waals surface area contributed by atoms with Gasteiger partial charge in [0.2, 0.25) is 0 Å². The van der Waals surface area contributed by atoms with E-state index in [1.807, 2.05) is 55.5 Å². The lowest BCUT2D eigenvalue weighted by Crippen LogP contribution is -2.42. The molecule has 3 heterocycles. The Kier molecular flexibility index (Phi) is 6.81. The molecule has 204 valence electrons. The zero-order chi connectivity index (χ0) is 27.8. The number of anilines is 1. The van der Waals surface area contributed by atoms with Gasteiger partial charge in [-0.2, -0.15) is 5.10 Å². The predicted molar refractivity (Wildman–Crippen MR) is 151 cm³/mol. The predicted octanol–water partition coefficient (Wildman–Crippen LogP) is 6.27. The molecule has 10 heteroatoms. The zero-order valence-electron chi connectivity index (χ0n) is 21.7.